The summed E-state index contributed by atoms with van der Waals surface area (Å²) in [5.41, 5.74) is 0.892. The zero-order chi connectivity index (χ0) is 27.2. The molecule has 1 aromatic heterocycles. The fourth-order valence-electron chi connectivity index (χ4n) is 5.22. The van der Waals surface area contributed by atoms with Crippen LogP contribution in [0.25, 0.3) is 10.9 Å². The lowest BCUT2D eigenvalue weighted by Gasteiger charge is -2.29. The van der Waals surface area contributed by atoms with Crippen molar-refractivity contribution in [2.45, 2.75) is 32.2 Å². The van der Waals surface area contributed by atoms with Crippen LogP contribution in [0.2, 0.25) is 0 Å². The lowest BCUT2D eigenvalue weighted by Crippen LogP contribution is -2.37. The van der Waals surface area contributed by atoms with Crippen LogP contribution in [0.1, 0.15) is 36.0 Å². The molecule has 1 aliphatic carbocycles. The van der Waals surface area contributed by atoms with E-state index < -0.39 is 11.6 Å². The predicted octanol–water partition coefficient (Wildman–Crippen LogP) is 5.67. The second-order valence-electron chi connectivity index (χ2n) is 10.3. The zero-order valence-electron chi connectivity index (χ0n) is 22.1. The van der Waals surface area contributed by atoms with Gasteiger partial charge < -0.3 is 19.7 Å². The van der Waals surface area contributed by atoms with Gasteiger partial charge in [-0.1, -0.05) is 18.2 Å². The molecular formula is C30H34F2N4O3. The van der Waals surface area contributed by atoms with Gasteiger partial charge in [-0.05, 0) is 62.1 Å². The second-order valence-corrected chi connectivity index (χ2v) is 10.3. The van der Waals surface area contributed by atoms with Crippen LogP contribution in [0.5, 0.6) is 11.5 Å². The molecule has 5 rings (SSSR count). The van der Waals surface area contributed by atoms with Crippen LogP contribution in [0.15, 0.2) is 61.0 Å². The Morgan fingerprint density at radius 3 is 2.77 bits per heavy atom. The third-order valence-corrected chi connectivity index (χ3v) is 7.20. The number of amides is 1. The van der Waals surface area contributed by atoms with E-state index in [-0.39, 0.29) is 23.0 Å². The number of fused-ring (bicyclic) bond motifs is 1. The summed E-state index contributed by atoms with van der Waals surface area (Å²) in [4.78, 5) is 15.5. The molecule has 0 radical (unpaired) electrons. The standard InChI is InChI=1S/C30H34F2N4O3/c1-38-20-22-8-5-12-35(17-22)13-11-33-30(37)25-16-27-23(19-36(34-27)18-21-6-3-2-4-7-21)14-29(25)39-28-10-9-24(31)15-26(28)32/h2-3,5,9-10,12,14-16,19,21-22H,4,6-8,11,13,17-18,20H2,1H3,(H,33,37)/t21-,22+/m0/s1. The van der Waals surface area contributed by atoms with Crippen molar-refractivity contribution >= 4 is 16.8 Å². The maximum Gasteiger partial charge on any atom is 0.255 e. The molecule has 2 atom stereocenters. The van der Waals surface area contributed by atoms with Crippen molar-refractivity contribution in [3.8, 4) is 11.5 Å². The molecule has 0 bridgehead atoms. The largest absolute Gasteiger partial charge is 0.453 e. The Morgan fingerprint density at radius 2 is 1.97 bits per heavy atom. The minimum Gasteiger partial charge on any atom is -0.453 e. The molecule has 0 fully saturated rings. The van der Waals surface area contributed by atoms with Crippen LogP contribution in [-0.4, -0.2) is 53.9 Å². The van der Waals surface area contributed by atoms with Gasteiger partial charge in [0, 0.05) is 56.9 Å². The van der Waals surface area contributed by atoms with Crippen LogP contribution >= 0.6 is 0 Å². The summed E-state index contributed by atoms with van der Waals surface area (Å²) in [5, 5.41) is 8.45. The van der Waals surface area contributed by atoms with Crippen molar-refractivity contribution < 1.29 is 23.0 Å². The Labute approximate surface area is 227 Å². The van der Waals surface area contributed by atoms with E-state index in [0.29, 0.717) is 37.0 Å². The summed E-state index contributed by atoms with van der Waals surface area (Å²) in [5.74, 6) is -0.947. The smallest absolute Gasteiger partial charge is 0.255 e. The molecular weight excluding hydrogens is 502 g/mol. The molecule has 2 aliphatic rings. The molecule has 0 unspecified atom stereocenters. The number of rotatable bonds is 10. The summed E-state index contributed by atoms with van der Waals surface area (Å²) in [6.45, 7) is 3.38. The molecule has 3 aromatic rings. The number of allylic oxidation sites excluding steroid dienone is 3. The Morgan fingerprint density at radius 1 is 1.10 bits per heavy atom. The van der Waals surface area contributed by atoms with E-state index >= 15 is 0 Å². The van der Waals surface area contributed by atoms with E-state index in [1.54, 1.807) is 19.2 Å². The Bertz CT molecular complexity index is 1370. The van der Waals surface area contributed by atoms with E-state index in [0.717, 1.165) is 56.3 Å². The summed E-state index contributed by atoms with van der Waals surface area (Å²) >= 11 is 0. The number of ether oxygens (including phenoxy) is 2. The summed E-state index contributed by atoms with van der Waals surface area (Å²) in [6, 6.07) is 6.47. The first-order chi connectivity index (χ1) is 19.0. The molecule has 7 nitrogen and oxygen atoms in total. The summed E-state index contributed by atoms with van der Waals surface area (Å²) in [6.07, 6.45) is 14.7. The van der Waals surface area contributed by atoms with Crippen molar-refractivity contribution in [3.63, 3.8) is 0 Å². The monoisotopic (exact) mass is 536 g/mol. The van der Waals surface area contributed by atoms with Crippen molar-refractivity contribution in [1.29, 1.82) is 0 Å². The Hall–Kier alpha value is -3.72. The molecule has 206 valence electrons. The number of benzene rings is 2. The molecule has 9 heteroatoms. The van der Waals surface area contributed by atoms with Gasteiger partial charge in [-0.2, -0.15) is 5.10 Å². The van der Waals surface area contributed by atoms with Crippen LogP contribution in [0, 0.1) is 23.5 Å². The van der Waals surface area contributed by atoms with Crippen molar-refractivity contribution in [2.24, 2.45) is 11.8 Å². The van der Waals surface area contributed by atoms with Gasteiger partial charge in [0.1, 0.15) is 11.6 Å². The van der Waals surface area contributed by atoms with Crippen LogP contribution in [-0.2, 0) is 11.3 Å². The molecule has 1 amide bonds. The molecule has 2 heterocycles. The number of hydrogen-bond donors (Lipinski definition) is 1. The van der Waals surface area contributed by atoms with E-state index in [4.69, 9.17) is 14.6 Å². The molecule has 0 spiro atoms. The maximum absolute atomic E-state index is 14.4. The highest BCUT2D eigenvalue weighted by molar-refractivity contribution is 6.01. The second kappa shape index (κ2) is 12.4. The van der Waals surface area contributed by atoms with E-state index in [1.165, 1.54) is 6.07 Å². The fraction of sp³-hybridized carbons (Fsp3) is 0.400. The average Bonchev–Trinajstić information content (AvgIpc) is 3.32. The first kappa shape index (κ1) is 26.9. The van der Waals surface area contributed by atoms with Crippen molar-refractivity contribution in [2.75, 3.05) is 33.4 Å². The first-order valence-electron chi connectivity index (χ1n) is 13.5. The maximum atomic E-state index is 14.4. The van der Waals surface area contributed by atoms with E-state index in [2.05, 4.69) is 28.4 Å². The first-order valence-corrected chi connectivity index (χ1v) is 13.5. The zero-order valence-corrected chi connectivity index (χ0v) is 22.1. The summed E-state index contributed by atoms with van der Waals surface area (Å²) in [7, 11) is 1.70. The van der Waals surface area contributed by atoms with Gasteiger partial charge in [0.25, 0.3) is 5.91 Å². The normalized spacial score (nSPS) is 19.0. The van der Waals surface area contributed by atoms with E-state index in [1.807, 2.05) is 17.1 Å². The SMILES string of the molecule is COC[C@@H]1CC=CN(CCNC(=O)c2cc3nn(C[C@H]4CC=CCC4)cc3cc2Oc2ccc(F)cc2F)C1. The predicted molar refractivity (Wildman–Crippen MR) is 146 cm³/mol. The molecule has 1 N–H and O–H groups in total. The third kappa shape index (κ3) is 6.84. The number of aromatic nitrogens is 2. The number of methoxy groups -OCH3 is 1. The van der Waals surface area contributed by atoms with Gasteiger partial charge in [0.15, 0.2) is 11.6 Å². The molecule has 1 aliphatic heterocycles. The molecule has 39 heavy (non-hydrogen) atoms. The molecule has 2 aromatic carbocycles. The number of carbonyl (C=O) groups is 1. The quantitative estimate of drug-likeness (QED) is 0.338. The lowest BCUT2D eigenvalue weighted by molar-refractivity contribution is 0.0943. The van der Waals surface area contributed by atoms with Crippen molar-refractivity contribution in [1.82, 2.24) is 20.0 Å². The van der Waals surface area contributed by atoms with Crippen LogP contribution in [0.4, 0.5) is 8.78 Å². The van der Waals surface area contributed by atoms with Gasteiger partial charge in [0.05, 0.1) is 17.7 Å². The van der Waals surface area contributed by atoms with Crippen LogP contribution < -0.4 is 10.1 Å². The van der Waals surface area contributed by atoms with Gasteiger partial charge in [-0.15, -0.1) is 0 Å². The molecule has 0 saturated carbocycles. The Kier molecular flexibility index (Phi) is 8.56. The molecule has 0 saturated heterocycles. The number of nitrogens with zero attached hydrogens (tertiary/aromatic N) is 3. The fourth-order valence-corrected chi connectivity index (χ4v) is 5.22. The average molecular weight is 537 g/mol. The number of carbonyl (C=O) groups excluding carboxylic acids is 1. The van der Waals surface area contributed by atoms with Crippen LogP contribution in [0.3, 0.4) is 0 Å². The topological polar surface area (TPSA) is 68.6 Å². The summed E-state index contributed by atoms with van der Waals surface area (Å²) < 4.78 is 40.9. The highest BCUT2D eigenvalue weighted by atomic mass is 19.1. The minimum atomic E-state index is -0.843. The minimum absolute atomic E-state index is 0.158. The number of nitrogens with one attached hydrogen (secondary N) is 1. The Balaban J connectivity index is 1.35. The van der Waals surface area contributed by atoms with Crippen molar-refractivity contribution in [3.05, 3.63) is 78.2 Å². The van der Waals surface area contributed by atoms with Gasteiger partial charge >= 0.3 is 0 Å². The highest BCUT2D eigenvalue weighted by Gasteiger charge is 2.20. The lowest BCUT2D eigenvalue weighted by atomic mass is 9.94. The van der Waals surface area contributed by atoms with Gasteiger partial charge in [0.2, 0.25) is 0 Å². The van der Waals surface area contributed by atoms with Gasteiger partial charge in [-0.3, -0.25) is 9.48 Å². The highest BCUT2D eigenvalue weighted by Crippen LogP contribution is 2.32. The number of hydrogen-bond acceptors (Lipinski definition) is 5. The van der Waals surface area contributed by atoms with E-state index in [9.17, 15) is 13.6 Å². The third-order valence-electron chi connectivity index (χ3n) is 7.20. The van der Waals surface area contributed by atoms with Gasteiger partial charge in [-0.25, -0.2) is 8.78 Å². The number of halogens is 2.